The van der Waals surface area contributed by atoms with Crippen molar-refractivity contribution < 1.29 is 23.8 Å². The molecule has 158 valence electrons. The summed E-state index contributed by atoms with van der Waals surface area (Å²) in [5.41, 5.74) is 0.953. The van der Waals surface area contributed by atoms with Gasteiger partial charge in [-0.2, -0.15) is 0 Å². The molecule has 0 radical (unpaired) electrons. The van der Waals surface area contributed by atoms with Crippen LogP contribution in [0.15, 0.2) is 69.2 Å². The van der Waals surface area contributed by atoms with Gasteiger partial charge in [0.25, 0.3) is 11.7 Å². The van der Waals surface area contributed by atoms with Crippen molar-refractivity contribution in [3.8, 4) is 5.75 Å². The number of hydrogen-bond acceptors (Lipinski definition) is 6. The van der Waals surface area contributed by atoms with Gasteiger partial charge in [0.1, 0.15) is 29.1 Å². The normalized spacial score (nSPS) is 17.9. The van der Waals surface area contributed by atoms with Crippen molar-refractivity contribution in [1.29, 1.82) is 0 Å². The average molecular weight is 483 g/mol. The first-order chi connectivity index (χ1) is 14.9. The van der Waals surface area contributed by atoms with Crippen LogP contribution < -0.4 is 4.74 Å². The molecule has 3 aromatic rings. The highest BCUT2D eigenvalue weighted by Gasteiger charge is 2.47. The number of aliphatic hydroxyl groups is 1. The Kier molecular flexibility index (Phi) is 5.65. The number of ether oxygens (including phenoxy) is 1. The SMILES string of the molecule is COc1ccc(/C(O)=C2/C(=O)C(=O)N(Cc3ccccn3)C2c2ccc(C)o2)cc1Br. The van der Waals surface area contributed by atoms with Gasteiger partial charge in [-0.15, -0.1) is 0 Å². The Labute approximate surface area is 187 Å². The second-order valence-corrected chi connectivity index (χ2v) is 7.90. The molecule has 0 aliphatic carbocycles. The summed E-state index contributed by atoms with van der Waals surface area (Å²) in [6.07, 6.45) is 1.62. The molecule has 8 heteroatoms. The molecule has 1 aliphatic rings. The maximum atomic E-state index is 13.0. The van der Waals surface area contributed by atoms with Gasteiger partial charge in [0.2, 0.25) is 0 Å². The van der Waals surface area contributed by atoms with Crippen LogP contribution in [-0.2, 0) is 16.1 Å². The number of pyridine rings is 1. The first-order valence-electron chi connectivity index (χ1n) is 9.49. The summed E-state index contributed by atoms with van der Waals surface area (Å²) in [6.45, 7) is 1.87. The fourth-order valence-electron chi connectivity index (χ4n) is 3.57. The number of ketones is 1. The van der Waals surface area contributed by atoms with Gasteiger partial charge in [-0.3, -0.25) is 14.6 Å². The largest absolute Gasteiger partial charge is 0.507 e. The molecule has 0 spiro atoms. The summed E-state index contributed by atoms with van der Waals surface area (Å²) in [6, 6.07) is 12.8. The van der Waals surface area contributed by atoms with Crippen LogP contribution in [0, 0.1) is 6.92 Å². The molecule has 1 N–H and O–H groups in total. The molecule has 0 bridgehead atoms. The minimum Gasteiger partial charge on any atom is -0.507 e. The summed E-state index contributed by atoms with van der Waals surface area (Å²) >= 11 is 3.38. The average Bonchev–Trinajstić information content (AvgIpc) is 3.30. The van der Waals surface area contributed by atoms with Gasteiger partial charge in [0.15, 0.2) is 0 Å². The Bertz CT molecular complexity index is 1190. The number of aromatic nitrogens is 1. The summed E-state index contributed by atoms with van der Waals surface area (Å²) in [7, 11) is 1.53. The van der Waals surface area contributed by atoms with Gasteiger partial charge < -0.3 is 19.2 Å². The van der Waals surface area contributed by atoms with E-state index in [2.05, 4.69) is 20.9 Å². The lowest BCUT2D eigenvalue weighted by molar-refractivity contribution is -0.140. The lowest BCUT2D eigenvalue weighted by atomic mass is 9.99. The van der Waals surface area contributed by atoms with Gasteiger partial charge >= 0.3 is 0 Å². The van der Waals surface area contributed by atoms with Crippen molar-refractivity contribution in [3.63, 3.8) is 0 Å². The summed E-state index contributed by atoms with van der Waals surface area (Å²) < 4.78 is 11.6. The quantitative estimate of drug-likeness (QED) is 0.329. The maximum absolute atomic E-state index is 13.0. The minimum absolute atomic E-state index is 0.0349. The number of aryl methyl sites for hydroxylation is 1. The van der Waals surface area contributed by atoms with Crippen molar-refractivity contribution in [1.82, 2.24) is 9.88 Å². The molecule has 1 saturated heterocycles. The number of nitrogens with zero attached hydrogens (tertiary/aromatic N) is 2. The van der Waals surface area contributed by atoms with Crippen molar-refractivity contribution in [2.45, 2.75) is 19.5 Å². The highest BCUT2D eigenvalue weighted by molar-refractivity contribution is 9.10. The number of amides is 1. The number of Topliss-reactive ketones (excluding diaryl/α,β-unsaturated/α-hetero) is 1. The third kappa shape index (κ3) is 3.86. The molecule has 1 aromatic carbocycles. The summed E-state index contributed by atoms with van der Waals surface area (Å²) in [5, 5.41) is 11.1. The Morgan fingerprint density at radius 1 is 1.23 bits per heavy atom. The van der Waals surface area contributed by atoms with Crippen molar-refractivity contribution in [2.24, 2.45) is 0 Å². The zero-order chi connectivity index (χ0) is 22.1. The Morgan fingerprint density at radius 3 is 2.65 bits per heavy atom. The molecule has 3 heterocycles. The Hall–Kier alpha value is -3.39. The molecule has 4 rings (SSSR count). The van der Waals surface area contributed by atoms with E-state index in [0.29, 0.717) is 33.0 Å². The standard InChI is InChI=1S/C23H19BrN2O5/c1-13-6-8-18(31-13)20-19(21(27)14-7-9-17(30-2)16(24)11-14)22(28)23(29)26(20)12-15-5-3-4-10-25-15/h3-11,20,27H,12H2,1-2H3/b21-19-. The van der Waals surface area contributed by atoms with E-state index in [1.54, 1.807) is 61.7 Å². The first-order valence-corrected chi connectivity index (χ1v) is 10.3. The molecule has 1 amide bonds. The van der Waals surface area contributed by atoms with Crippen LogP contribution in [0.1, 0.15) is 28.8 Å². The smallest absolute Gasteiger partial charge is 0.296 e. The number of furan rings is 1. The number of methoxy groups -OCH3 is 1. The predicted molar refractivity (Wildman–Crippen MR) is 116 cm³/mol. The van der Waals surface area contributed by atoms with Crippen LogP contribution in [-0.4, -0.2) is 33.8 Å². The zero-order valence-electron chi connectivity index (χ0n) is 16.8. The highest BCUT2D eigenvalue weighted by atomic mass is 79.9. The third-order valence-electron chi connectivity index (χ3n) is 5.05. The van der Waals surface area contributed by atoms with Crippen molar-refractivity contribution in [3.05, 3.63) is 87.6 Å². The van der Waals surface area contributed by atoms with Crippen LogP contribution >= 0.6 is 15.9 Å². The van der Waals surface area contributed by atoms with E-state index in [0.717, 1.165) is 0 Å². The molecule has 7 nitrogen and oxygen atoms in total. The van der Waals surface area contributed by atoms with Crippen LogP contribution in [0.2, 0.25) is 0 Å². The topological polar surface area (TPSA) is 92.9 Å². The van der Waals surface area contributed by atoms with Crippen molar-refractivity contribution >= 4 is 33.4 Å². The van der Waals surface area contributed by atoms with Crippen LogP contribution in [0.3, 0.4) is 0 Å². The molecule has 31 heavy (non-hydrogen) atoms. The molecule has 0 saturated carbocycles. The fraction of sp³-hybridized carbons (Fsp3) is 0.174. The number of rotatable bonds is 5. The number of likely N-dealkylation sites (tertiary alicyclic amines) is 1. The molecule has 2 aromatic heterocycles. The van der Waals surface area contributed by atoms with Gasteiger partial charge in [0, 0.05) is 11.8 Å². The van der Waals surface area contributed by atoms with Crippen molar-refractivity contribution in [2.75, 3.05) is 7.11 Å². The maximum Gasteiger partial charge on any atom is 0.296 e. The second kappa shape index (κ2) is 8.39. The monoisotopic (exact) mass is 482 g/mol. The van der Waals surface area contributed by atoms with E-state index in [9.17, 15) is 14.7 Å². The van der Waals surface area contributed by atoms with E-state index >= 15 is 0 Å². The Balaban J connectivity index is 1.85. The number of hydrogen-bond donors (Lipinski definition) is 1. The molecular weight excluding hydrogens is 464 g/mol. The fourth-order valence-corrected chi connectivity index (χ4v) is 4.12. The summed E-state index contributed by atoms with van der Waals surface area (Å²) in [4.78, 5) is 31.6. The minimum atomic E-state index is -0.878. The van der Waals surface area contributed by atoms with E-state index in [-0.39, 0.29) is 17.9 Å². The predicted octanol–water partition coefficient (Wildman–Crippen LogP) is 4.38. The van der Waals surface area contributed by atoms with Crippen LogP contribution in [0.25, 0.3) is 5.76 Å². The van der Waals surface area contributed by atoms with E-state index in [4.69, 9.17) is 9.15 Å². The highest BCUT2D eigenvalue weighted by Crippen LogP contribution is 2.41. The lowest BCUT2D eigenvalue weighted by Crippen LogP contribution is -2.29. The first kappa shape index (κ1) is 20.9. The van der Waals surface area contributed by atoms with Gasteiger partial charge in [-0.1, -0.05) is 6.07 Å². The zero-order valence-corrected chi connectivity index (χ0v) is 18.4. The number of benzene rings is 1. The van der Waals surface area contributed by atoms with Gasteiger partial charge in [0.05, 0.1) is 29.4 Å². The summed E-state index contributed by atoms with van der Waals surface area (Å²) in [5.74, 6) is -0.194. The molecule has 1 unspecified atom stereocenters. The number of halogens is 1. The van der Waals surface area contributed by atoms with Crippen LogP contribution in [0.5, 0.6) is 5.75 Å². The third-order valence-corrected chi connectivity index (χ3v) is 5.67. The molecule has 1 aliphatic heterocycles. The number of carbonyl (C=O) groups is 2. The number of carbonyl (C=O) groups excluding carboxylic acids is 2. The molecular formula is C23H19BrN2O5. The van der Waals surface area contributed by atoms with E-state index < -0.39 is 17.7 Å². The number of aliphatic hydroxyl groups excluding tert-OH is 1. The molecule has 1 fully saturated rings. The van der Waals surface area contributed by atoms with E-state index in [1.165, 1.54) is 12.0 Å². The second-order valence-electron chi connectivity index (χ2n) is 7.05. The van der Waals surface area contributed by atoms with Gasteiger partial charge in [-0.05, 0) is 65.3 Å². The van der Waals surface area contributed by atoms with E-state index in [1.807, 2.05) is 0 Å². The Morgan fingerprint density at radius 2 is 2.03 bits per heavy atom. The van der Waals surface area contributed by atoms with Crippen LogP contribution in [0.4, 0.5) is 0 Å². The lowest BCUT2D eigenvalue weighted by Gasteiger charge is -2.23. The molecule has 1 atom stereocenters. The van der Waals surface area contributed by atoms with Gasteiger partial charge in [-0.25, -0.2) is 0 Å².